The molecule has 0 radical (unpaired) electrons. The Morgan fingerprint density at radius 3 is 2.78 bits per heavy atom. The van der Waals surface area contributed by atoms with Gasteiger partial charge in [-0.1, -0.05) is 13.3 Å². The van der Waals surface area contributed by atoms with Crippen molar-refractivity contribution < 1.29 is 19.7 Å². The van der Waals surface area contributed by atoms with Gasteiger partial charge < -0.3 is 19.7 Å². The van der Waals surface area contributed by atoms with Crippen molar-refractivity contribution in [1.29, 1.82) is 0 Å². The number of piperidine rings is 1. The number of hydrogen-bond acceptors (Lipinski definition) is 5. The van der Waals surface area contributed by atoms with Gasteiger partial charge in [-0.2, -0.15) is 0 Å². The quantitative estimate of drug-likeness (QED) is 0.679. The van der Waals surface area contributed by atoms with Gasteiger partial charge in [0.2, 0.25) is 0 Å². The molecule has 2 spiro atoms. The van der Waals surface area contributed by atoms with Crippen molar-refractivity contribution in [3.05, 3.63) is 0 Å². The number of aliphatic hydroxyl groups is 2. The third-order valence-corrected chi connectivity index (χ3v) is 10.7. The molecule has 5 saturated carbocycles. The lowest BCUT2D eigenvalue weighted by atomic mass is 9.31. The first kappa shape index (κ1) is 16.6. The van der Waals surface area contributed by atoms with E-state index < -0.39 is 11.7 Å². The lowest BCUT2D eigenvalue weighted by Crippen LogP contribution is -2.86. The maximum absolute atomic E-state index is 11.7. The molecule has 150 valence electrons. The maximum Gasteiger partial charge on any atom is 0.119 e. The SMILES string of the molecule is C[C@@]12CCC[C@@]34[C@@H]1[C@H](O)[C@@H](O[C@H]3N1CCO[C@@H]12)[C@@]12CC[C@@H](C[C@H]14)[C@](C)(O)C2. The molecule has 0 unspecified atom stereocenters. The zero-order valence-electron chi connectivity index (χ0n) is 16.6. The molecule has 9 rings (SSSR count). The van der Waals surface area contributed by atoms with Crippen LogP contribution in [0.3, 0.4) is 0 Å². The Labute approximate surface area is 161 Å². The van der Waals surface area contributed by atoms with Gasteiger partial charge in [-0.05, 0) is 57.3 Å². The number of aliphatic hydroxyl groups excluding tert-OH is 1. The highest BCUT2D eigenvalue weighted by molar-refractivity contribution is 5.28. The summed E-state index contributed by atoms with van der Waals surface area (Å²) >= 11 is 0. The second-order valence-electron chi connectivity index (χ2n) is 11.6. The van der Waals surface area contributed by atoms with E-state index in [0.29, 0.717) is 11.8 Å². The fraction of sp³-hybridized carbons (Fsp3) is 1.00. The van der Waals surface area contributed by atoms with Gasteiger partial charge in [0.15, 0.2) is 0 Å². The molecule has 0 amide bonds. The minimum atomic E-state index is -0.599. The van der Waals surface area contributed by atoms with Gasteiger partial charge in [-0.3, -0.25) is 0 Å². The van der Waals surface area contributed by atoms with E-state index in [2.05, 4.69) is 11.8 Å². The molecule has 5 nitrogen and oxygen atoms in total. The number of fused-ring (bicyclic) bond motifs is 4. The van der Waals surface area contributed by atoms with Crippen LogP contribution in [0.1, 0.15) is 58.8 Å². The molecule has 27 heavy (non-hydrogen) atoms. The molecule has 9 fully saturated rings. The molecule has 7 bridgehead atoms. The Morgan fingerprint density at radius 1 is 1.11 bits per heavy atom. The van der Waals surface area contributed by atoms with Crippen LogP contribution in [0, 0.1) is 34.0 Å². The standard InChI is InChI=1S/C22H33NO4/c1-19-5-3-6-22-13-10-12-4-7-21(13,11-20(12,2)25)16(14(24)15(19)22)27-18(22)23-8-9-26-17(19)23/h12-18,24-25H,3-11H2,1-2H3/t12-,13+,14-,15+,16+,17+,18+,19+,20+,21+,22+/m0/s1. The van der Waals surface area contributed by atoms with Gasteiger partial charge in [0.05, 0.1) is 24.4 Å². The smallest absolute Gasteiger partial charge is 0.119 e. The van der Waals surface area contributed by atoms with Crippen molar-refractivity contribution in [3.8, 4) is 0 Å². The van der Waals surface area contributed by atoms with Gasteiger partial charge in [0.1, 0.15) is 12.5 Å². The van der Waals surface area contributed by atoms with Crippen LogP contribution in [0.25, 0.3) is 0 Å². The summed E-state index contributed by atoms with van der Waals surface area (Å²) < 4.78 is 13.1. The predicted molar refractivity (Wildman–Crippen MR) is 97.5 cm³/mol. The van der Waals surface area contributed by atoms with Crippen molar-refractivity contribution in [3.63, 3.8) is 0 Å². The number of nitrogens with zero attached hydrogens (tertiary/aromatic N) is 1. The third-order valence-electron chi connectivity index (χ3n) is 10.7. The molecule has 4 saturated heterocycles. The summed E-state index contributed by atoms with van der Waals surface area (Å²) in [6.07, 6.45) is 7.37. The van der Waals surface area contributed by atoms with Crippen molar-refractivity contribution in [2.24, 2.45) is 34.0 Å². The lowest BCUT2D eigenvalue weighted by molar-refractivity contribution is -0.448. The highest BCUT2D eigenvalue weighted by Gasteiger charge is 2.82. The largest absolute Gasteiger partial charge is 0.390 e. The zero-order chi connectivity index (χ0) is 18.4. The Balaban J connectivity index is 1.45. The summed E-state index contributed by atoms with van der Waals surface area (Å²) in [7, 11) is 0. The molecule has 11 atom stereocenters. The number of hydrogen-bond donors (Lipinski definition) is 2. The van der Waals surface area contributed by atoms with Gasteiger partial charge in [-0.15, -0.1) is 0 Å². The average molecular weight is 376 g/mol. The number of rotatable bonds is 0. The Bertz CT molecular complexity index is 712. The molecule has 5 heteroatoms. The van der Waals surface area contributed by atoms with Crippen LogP contribution in [0.15, 0.2) is 0 Å². The Kier molecular flexibility index (Phi) is 2.82. The first-order chi connectivity index (χ1) is 12.8. The summed E-state index contributed by atoms with van der Waals surface area (Å²) in [6.45, 7) is 6.18. The first-order valence-corrected chi connectivity index (χ1v) is 11.3. The van der Waals surface area contributed by atoms with Gasteiger partial charge in [0, 0.05) is 28.7 Å². The van der Waals surface area contributed by atoms with E-state index in [9.17, 15) is 10.2 Å². The molecular formula is C22H33NO4. The van der Waals surface area contributed by atoms with E-state index in [4.69, 9.17) is 9.47 Å². The second-order valence-corrected chi connectivity index (χ2v) is 11.6. The zero-order valence-corrected chi connectivity index (χ0v) is 16.6. The van der Waals surface area contributed by atoms with Crippen molar-refractivity contribution in [2.75, 3.05) is 13.2 Å². The fourth-order valence-corrected chi connectivity index (χ4v) is 10.2. The summed E-state index contributed by atoms with van der Waals surface area (Å²) in [5.74, 6) is 1.28. The topological polar surface area (TPSA) is 62.2 Å². The average Bonchev–Trinajstić information content (AvgIpc) is 3.10. The maximum atomic E-state index is 11.7. The minimum absolute atomic E-state index is 0.0213. The molecule has 4 aliphatic heterocycles. The summed E-state index contributed by atoms with van der Waals surface area (Å²) in [4.78, 5) is 2.53. The Hall–Kier alpha value is -0.200. The first-order valence-electron chi connectivity index (χ1n) is 11.3. The van der Waals surface area contributed by atoms with E-state index in [1.54, 1.807) is 0 Å². The Morgan fingerprint density at radius 2 is 1.96 bits per heavy atom. The van der Waals surface area contributed by atoms with E-state index >= 15 is 0 Å². The van der Waals surface area contributed by atoms with Crippen molar-refractivity contribution in [2.45, 2.75) is 89.1 Å². The van der Waals surface area contributed by atoms with Crippen LogP contribution in [0.5, 0.6) is 0 Å². The summed E-state index contributed by atoms with van der Waals surface area (Å²) in [6, 6.07) is 0. The molecule has 2 N–H and O–H groups in total. The van der Waals surface area contributed by atoms with Crippen molar-refractivity contribution in [1.82, 2.24) is 4.90 Å². The van der Waals surface area contributed by atoms with Crippen molar-refractivity contribution >= 4 is 0 Å². The highest BCUT2D eigenvalue weighted by atomic mass is 16.6. The molecule has 0 aromatic rings. The highest BCUT2D eigenvalue weighted by Crippen LogP contribution is 2.79. The molecule has 9 aliphatic rings. The molecule has 5 aliphatic carbocycles. The van der Waals surface area contributed by atoms with Gasteiger partial charge >= 0.3 is 0 Å². The van der Waals surface area contributed by atoms with E-state index in [0.717, 1.165) is 45.3 Å². The van der Waals surface area contributed by atoms with E-state index in [1.165, 1.54) is 12.8 Å². The predicted octanol–water partition coefficient (Wildman–Crippen LogP) is 2.11. The lowest BCUT2D eigenvalue weighted by Gasteiger charge is -2.81. The summed E-state index contributed by atoms with van der Waals surface area (Å²) in [5, 5.41) is 22.9. The second kappa shape index (κ2) is 4.59. The van der Waals surface area contributed by atoms with E-state index in [-0.39, 0.29) is 40.7 Å². The number of ether oxygens (including phenoxy) is 2. The van der Waals surface area contributed by atoms with Gasteiger partial charge in [-0.25, -0.2) is 4.90 Å². The van der Waals surface area contributed by atoms with E-state index in [1.807, 2.05) is 6.92 Å². The monoisotopic (exact) mass is 375 g/mol. The van der Waals surface area contributed by atoms with Crippen LogP contribution in [-0.2, 0) is 9.47 Å². The van der Waals surface area contributed by atoms with Gasteiger partial charge in [0.25, 0.3) is 0 Å². The molecule has 4 heterocycles. The fourth-order valence-electron chi connectivity index (χ4n) is 10.2. The molecular weight excluding hydrogens is 342 g/mol. The van der Waals surface area contributed by atoms with Crippen LogP contribution in [0.2, 0.25) is 0 Å². The van der Waals surface area contributed by atoms with Crippen LogP contribution in [0.4, 0.5) is 0 Å². The minimum Gasteiger partial charge on any atom is -0.390 e. The van der Waals surface area contributed by atoms with Crippen LogP contribution in [-0.4, -0.2) is 58.5 Å². The molecule has 0 aromatic heterocycles. The van der Waals surface area contributed by atoms with Crippen LogP contribution >= 0.6 is 0 Å². The molecule has 0 aromatic carbocycles. The summed E-state index contributed by atoms with van der Waals surface area (Å²) in [5.41, 5.74) is -0.567. The third kappa shape index (κ3) is 1.53. The normalized spacial score (nSPS) is 68.7. The van der Waals surface area contributed by atoms with Crippen LogP contribution < -0.4 is 0 Å².